The number of allylic oxidation sites excluding steroid dienone is 1. The third-order valence-electron chi connectivity index (χ3n) is 4.76. The highest BCUT2D eigenvalue weighted by molar-refractivity contribution is 6.34. The van der Waals surface area contributed by atoms with E-state index in [2.05, 4.69) is 21.5 Å². The van der Waals surface area contributed by atoms with Crippen LogP contribution in [0.15, 0.2) is 18.9 Å². The molecule has 27 heavy (non-hydrogen) atoms. The van der Waals surface area contributed by atoms with Crippen molar-refractivity contribution in [2.45, 2.75) is 26.8 Å². The van der Waals surface area contributed by atoms with Gasteiger partial charge in [-0.05, 0) is 20.3 Å². The Bertz CT molecular complexity index is 915. The maximum atomic E-state index is 12.8. The number of halogens is 1. The Balaban J connectivity index is 2.07. The molecule has 1 aliphatic heterocycles. The Morgan fingerprint density at radius 3 is 2.85 bits per heavy atom. The number of aromatic nitrogens is 3. The van der Waals surface area contributed by atoms with Crippen LogP contribution in [-0.2, 0) is 6.54 Å². The average Bonchev–Trinajstić information content (AvgIpc) is 2.61. The van der Waals surface area contributed by atoms with Gasteiger partial charge in [0.05, 0.1) is 24.9 Å². The first kappa shape index (κ1) is 19.1. The summed E-state index contributed by atoms with van der Waals surface area (Å²) in [7, 11) is 1.64. The van der Waals surface area contributed by atoms with E-state index in [-0.39, 0.29) is 22.8 Å². The second-order valence-electron chi connectivity index (χ2n) is 6.58. The van der Waals surface area contributed by atoms with Gasteiger partial charge >= 0.3 is 0 Å². The molecule has 3 rings (SSSR count). The van der Waals surface area contributed by atoms with E-state index in [0.717, 1.165) is 22.6 Å². The Morgan fingerprint density at radius 1 is 1.44 bits per heavy atom. The van der Waals surface area contributed by atoms with Crippen molar-refractivity contribution in [2.75, 3.05) is 24.3 Å². The first-order valence-electron chi connectivity index (χ1n) is 8.59. The van der Waals surface area contributed by atoms with Crippen molar-refractivity contribution in [3.05, 3.63) is 46.4 Å². The van der Waals surface area contributed by atoms with Crippen LogP contribution in [0.4, 0.5) is 11.8 Å². The number of carbonyl (C=O) groups excluding carboxylic acids is 1. The number of ether oxygens (including phenoxy) is 1. The van der Waals surface area contributed by atoms with Crippen LogP contribution in [0.2, 0.25) is 5.15 Å². The lowest BCUT2D eigenvalue weighted by atomic mass is 9.91. The van der Waals surface area contributed by atoms with Crippen molar-refractivity contribution in [1.29, 1.82) is 0 Å². The van der Waals surface area contributed by atoms with Crippen molar-refractivity contribution in [1.82, 2.24) is 15.0 Å². The fraction of sp³-hybridized carbons (Fsp3) is 0.368. The third-order valence-corrected chi connectivity index (χ3v) is 5.04. The molecule has 2 N–H and O–H groups in total. The number of rotatable bonds is 5. The minimum absolute atomic E-state index is 0.0323. The van der Waals surface area contributed by atoms with Crippen molar-refractivity contribution >= 4 is 29.2 Å². The van der Waals surface area contributed by atoms with E-state index in [1.165, 1.54) is 0 Å². The molecule has 0 amide bonds. The zero-order chi connectivity index (χ0) is 19.7. The van der Waals surface area contributed by atoms with Gasteiger partial charge in [-0.1, -0.05) is 17.7 Å². The largest absolute Gasteiger partial charge is 0.496 e. The predicted molar refractivity (Wildman–Crippen MR) is 105 cm³/mol. The van der Waals surface area contributed by atoms with Gasteiger partial charge in [-0.3, -0.25) is 9.78 Å². The van der Waals surface area contributed by atoms with Gasteiger partial charge in [0, 0.05) is 29.8 Å². The van der Waals surface area contributed by atoms with E-state index in [4.69, 9.17) is 22.1 Å². The molecule has 0 fully saturated rings. The molecule has 1 aliphatic rings. The highest BCUT2D eigenvalue weighted by Gasteiger charge is 2.35. The molecule has 2 aromatic rings. The number of carbonyl (C=O) groups is 1. The third kappa shape index (κ3) is 3.47. The van der Waals surface area contributed by atoms with Crippen LogP contribution in [-0.4, -0.2) is 34.4 Å². The molecule has 1 atom stereocenters. The normalized spacial score (nSPS) is 16.2. The first-order valence-corrected chi connectivity index (χ1v) is 8.97. The Kier molecular flexibility index (Phi) is 5.32. The number of aryl methyl sites for hydroxylation is 1. The number of pyridine rings is 1. The summed E-state index contributed by atoms with van der Waals surface area (Å²) < 4.78 is 5.50. The maximum Gasteiger partial charge on any atom is 0.223 e. The lowest BCUT2D eigenvalue weighted by Gasteiger charge is -2.34. The van der Waals surface area contributed by atoms with Crippen molar-refractivity contribution < 1.29 is 9.53 Å². The number of Topliss-reactive ketones (excluding diaryl/α,β-unsaturated/α-hetero) is 1. The number of nitrogens with zero attached hydrogens (tertiary/aromatic N) is 4. The molecule has 0 bridgehead atoms. The number of methoxy groups -OCH3 is 1. The van der Waals surface area contributed by atoms with Gasteiger partial charge in [0.2, 0.25) is 5.95 Å². The molecule has 0 saturated heterocycles. The molecule has 0 saturated carbocycles. The van der Waals surface area contributed by atoms with Crippen LogP contribution in [0.3, 0.4) is 0 Å². The highest BCUT2D eigenvalue weighted by atomic mass is 35.5. The smallest absolute Gasteiger partial charge is 0.223 e. The Hall–Kier alpha value is -2.67. The van der Waals surface area contributed by atoms with Gasteiger partial charge in [0.1, 0.15) is 16.7 Å². The molecule has 3 heterocycles. The summed E-state index contributed by atoms with van der Waals surface area (Å²) in [4.78, 5) is 27.6. The summed E-state index contributed by atoms with van der Waals surface area (Å²) in [5, 5.41) is 0.0763. The van der Waals surface area contributed by atoms with Gasteiger partial charge in [-0.25, -0.2) is 4.98 Å². The van der Waals surface area contributed by atoms with E-state index in [9.17, 15) is 4.79 Å². The minimum atomic E-state index is -0.271. The zero-order valence-corrected chi connectivity index (χ0v) is 16.4. The minimum Gasteiger partial charge on any atom is -0.496 e. The fourth-order valence-electron chi connectivity index (χ4n) is 3.45. The number of fused-ring (bicyclic) bond motifs is 1. The summed E-state index contributed by atoms with van der Waals surface area (Å²) in [5.74, 6) is 0.921. The summed E-state index contributed by atoms with van der Waals surface area (Å²) in [6.07, 6.45) is 4.05. The van der Waals surface area contributed by atoms with Crippen LogP contribution < -0.4 is 15.4 Å². The van der Waals surface area contributed by atoms with E-state index < -0.39 is 0 Å². The van der Waals surface area contributed by atoms with Crippen LogP contribution in [0.5, 0.6) is 5.75 Å². The maximum absolute atomic E-state index is 12.8. The molecular weight excluding hydrogens is 366 g/mol. The molecule has 0 spiro atoms. The van der Waals surface area contributed by atoms with E-state index >= 15 is 0 Å². The molecular formula is C19H22ClN5O2. The standard InChI is InChI=1S/C19H22ClN5O2/c1-5-6-12-8-25(9-13-11(3)16(27-4)10(2)7-22-13)18-14(15(12)26)17(20)23-19(21)24-18/h5,7,12H,1,6,8-9H2,2-4H3,(H2,21,23,24). The quantitative estimate of drug-likeness (QED) is 0.622. The van der Waals surface area contributed by atoms with E-state index in [1.807, 2.05) is 18.7 Å². The van der Waals surface area contributed by atoms with Crippen LogP contribution in [0.1, 0.15) is 33.6 Å². The molecule has 0 aromatic carbocycles. The summed E-state index contributed by atoms with van der Waals surface area (Å²) >= 11 is 6.24. The first-order chi connectivity index (χ1) is 12.9. The number of ketones is 1. The van der Waals surface area contributed by atoms with Crippen molar-refractivity contribution in [3.8, 4) is 5.75 Å². The van der Waals surface area contributed by atoms with Crippen molar-refractivity contribution in [3.63, 3.8) is 0 Å². The molecule has 0 aliphatic carbocycles. The number of nitrogen functional groups attached to an aromatic ring is 1. The Labute approximate surface area is 163 Å². The monoisotopic (exact) mass is 387 g/mol. The highest BCUT2D eigenvalue weighted by Crippen LogP contribution is 2.35. The van der Waals surface area contributed by atoms with Gasteiger partial charge in [-0.2, -0.15) is 4.98 Å². The van der Waals surface area contributed by atoms with Gasteiger partial charge in [0.25, 0.3) is 0 Å². The lowest BCUT2D eigenvalue weighted by molar-refractivity contribution is 0.0915. The van der Waals surface area contributed by atoms with Crippen molar-refractivity contribution in [2.24, 2.45) is 5.92 Å². The molecule has 1 unspecified atom stereocenters. The summed E-state index contributed by atoms with van der Waals surface area (Å²) in [6.45, 7) is 8.59. The average molecular weight is 388 g/mol. The second-order valence-corrected chi connectivity index (χ2v) is 6.94. The number of hydrogen-bond donors (Lipinski definition) is 1. The van der Waals surface area contributed by atoms with Gasteiger partial charge in [-0.15, -0.1) is 6.58 Å². The SMILES string of the molecule is C=CCC1CN(Cc2ncc(C)c(OC)c2C)c2nc(N)nc(Cl)c2C1=O. The molecule has 2 aromatic heterocycles. The van der Waals surface area contributed by atoms with Gasteiger partial charge in [0.15, 0.2) is 5.78 Å². The molecule has 0 radical (unpaired) electrons. The Morgan fingerprint density at radius 2 is 2.19 bits per heavy atom. The van der Waals surface area contributed by atoms with Crippen LogP contribution in [0, 0.1) is 19.8 Å². The van der Waals surface area contributed by atoms with E-state index in [0.29, 0.717) is 30.9 Å². The van der Waals surface area contributed by atoms with Crippen LogP contribution in [0.25, 0.3) is 0 Å². The zero-order valence-electron chi connectivity index (χ0n) is 15.6. The predicted octanol–water partition coefficient (Wildman–Crippen LogP) is 3.13. The molecule has 142 valence electrons. The molecule has 7 nitrogen and oxygen atoms in total. The number of hydrogen-bond acceptors (Lipinski definition) is 7. The van der Waals surface area contributed by atoms with Gasteiger partial charge < -0.3 is 15.4 Å². The van der Waals surface area contributed by atoms with Crippen LogP contribution >= 0.6 is 11.6 Å². The lowest BCUT2D eigenvalue weighted by Crippen LogP contribution is -2.40. The number of nitrogens with two attached hydrogens (primary N) is 1. The second kappa shape index (κ2) is 7.52. The topological polar surface area (TPSA) is 94.2 Å². The van der Waals surface area contributed by atoms with E-state index in [1.54, 1.807) is 19.4 Å². The summed E-state index contributed by atoms with van der Waals surface area (Å²) in [5.41, 5.74) is 8.83. The fourth-order valence-corrected chi connectivity index (χ4v) is 3.72. The molecule has 8 heteroatoms. The number of anilines is 2. The summed E-state index contributed by atoms with van der Waals surface area (Å²) in [6, 6.07) is 0.